The summed E-state index contributed by atoms with van der Waals surface area (Å²) in [5, 5.41) is 27.2. The molecular formula is C7H11N3O2S. The number of aliphatic hydroxyl groups is 2. The van der Waals surface area contributed by atoms with E-state index >= 15 is 0 Å². The van der Waals surface area contributed by atoms with Gasteiger partial charge in [0.05, 0.1) is 12.7 Å². The summed E-state index contributed by atoms with van der Waals surface area (Å²) in [5.41, 5.74) is 0. The minimum absolute atomic E-state index is 0.0614. The van der Waals surface area contributed by atoms with Gasteiger partial charge in [0.2, 0.25) is 5.13 Å². The van der Waals surface area contributed by atoms with Crippen molar-refractivity contribution in [2.75, 3.05) is 18.0 Å². The number of hydrogen-bond donors (Lipinski definition) is 2. The second-order valence-electron chi connectivity index (χ2n) is 3.03. The third-order valence-corrected chi connectivity index (χ3v) is 2.99. The van der Waals surface area contributed by atoms with Crippen LogP contribution in [-0.2, 0) is 6.61 Å². The lowest BCUT2D eigenvalue weighted by Crippen LogP contribution is -2.20. The van der Waals surface area contributed by atoms with E-state index in [4.69, 9.17) is 5.11 Å². The summed E-state index contributed by atoms with van der Waals surface area (Å²) in [6.07, 6.45) is 0.537. The van der Waals surface area contributed by atoms with Crippen LogP contribution in [0.3, 0.4) is 0 Å². The highest BCUT2D eigenvalue weighted by Gasteiger charge is 2.22. The highest BCUT2D eigenvalue weighted by molar-refractivity contribution is 7.15. The van der Waals surface area contributed by atoms with Crippen molar-refractivity contribution in [3.63, 3.8) is 0 Å². The second kappa shape index (κ2) is 3.57. The van der Waals surface area contributed by atoms with Gasteiger partial charge < -0.3 is 15.1 Å². The molecule has 1 aromatic rings. The summed E-state index contributed by atoms with van der Waals surface area (Å²) in [5.74, 6) is 0. The summed E-state index contributed by atoms with van der Waals surface area (Å²) >= 11 is 1.37. The van der Waals surface area contributed by atoms with Gasteiger partial charge in [-0.15, -0.1) is 10.2 Å². The van der Waals surface area contributed by atoms with Gasteiger partial charge in [0.15, 0.2) is 0 Å². The Bertz CT molecular complexity index is 291. The molecule has 2 heterocycles. The Kier molecular flexibility index (Phi) is 2.43. The van der Waals surface area contributed by atoms with Gasteiger partial charge >= 0.3 is 0 Å². The van der Waals surface area contributed by atoms with Gasteiger partial charge in [0.25, 0.3) is 0 Å². The number of aliphatic hydroxyl groups excluding tert-OH is 2. The zero-order chi connectivity index (χ0) is 9.26. The predicted octanol–water partition coefficient (Wildman–Crippen LogP) is -0.399. The van der Waals surface area contributed by atoms with Crippen LogP contribution >= 0.6 is 11.3 Å². The van der Waals surface area contributed by atoms with E-state index in [0.29, 0.717) is 11.6 Å². The maximum atomic E-state index is 9.29. The molecule has 0 saturated carbocycles. The monoisotopic (exact) mass is 201 g/mol. The smallest absolute Gasteiger partial charge is 0.208 e. The van der Waals surface area contributed by atoms with Gasteiger partial charge in [-0.25, -0.2) is 0 Å². The molecule has 1 atom stereocenters. The van der Waals surface area contributed by atoms with Crippen molar-refractivity contribution >= 4 is 16.5 Å². The van der Waals surface area contributed by atoms with Crippen LogP contribution in [0.15, 0.2) is 0 Å². The minimum Gasteiger partial charge on any atom is -0.391 e. The third-order valence-electron chi connectivity index (χ3n) is 2.03. The SMILES string of the molecule is OCc1nnc(N2CC[C@@H](O)C2)s1. The van der Waals surface area contributed by atoms with Gasteiger partial charge in [-0.05, 0) is 6.42 Å². The van der Waals surface area contributed by atoms with Gasteiger partial charge in [-0.1, -0.05) is 11.3 Å². The molecule has 6 heteroatoms. The number of aromatic nitrogens is 2. The molecule has 2 rings (SSSR count). The van der Waals surface area contributed by atoms with E-state index in [2.05, 4.69) is 10.2 Å². The summed E-state index contributed by atoms with van der Waals surface area (Å²) in [7, 11) is 0. The van der Waals surface area contributed by atoms with Crippen molar-refractivity contribution in [2.45, 2.75) is 19.1 Å². The quantitative estimate of drug-likeness (QED) is 0.681. The molecule has 0 spiro atoms. The molecule has 5 nitrogen and oxygen atoms in total. The van der Waals surface area contributed by atoms with Crippen molar-refractivity contribution in [3.8, 4) is 0 Å². The van der Waals surface area contributed by atoms with Crippen LogP contribution in [0.1, 0.15) is 11.4 Å². The van der Waals surface area contributed by atoms with E-state index in [1.54, 1.807) is 0 Å². The molecular weight excluding hydrogens is 190 g/mol. The molecule has 1 aromatic heterocycles. The van der Waals surface area contributed by atoms with E-state index < -0.39 is 0 Å². The maximum absolute atomic E-state index is 9.29. The number of rotatable bonds is 2. The maximum Gasteiger partial charge on any atom is 0.208 e. The van der Waals surface area contributed by atoms with Crippen LogP contribution < -0.4 is 4.90 Å². The Balaban J connectivity index is 2.08. The van der Waals surface area contributed by atoms with Crippen LogP contribution in [0.4, 0.5) is 5.13 Å². The van der Waals surface area contributed by atoms with Gasteiger partial charge in [-0.3, -0.25) is 0 Å². The Morgan fingerprint density at radius 3 is 2.92 bits per heavy atom. The number of β-amino-alcohol motifs (C(OH)–C–C–N with tert-alkyl or cyclic N) is 1. The molecule has 1 saturated heterocycles. The Morgan fingerprint density at radius 2 is 2.38 bits per heavy atom. The van der Waals surface area contributed by atoms with Crippen molar-refractivity contribution in [1.29, 1.82) is 0 Å². The van der Waals surface area contributed by atoms with Gasteiger partial charge in [-0.2, -0.15) is 0 Å². The summed E-state index contributed by atoms with van der Waals surface area (Å²) in [6.45, 7) is 1.38. The van der Waals surface area contributed by atoms with E-state index in [-0.39, 0.29) is 12.7 Å². The molecule has 0 bridgehead atoms. The topological polar surface area (TPSA) is 69.5 Å². The van der Waals surface area contributed by atoms with Crippen LogP contribution in [0, 0.1) is 0 Å². The molecule has 13 heavy (non-hydrogen) atoms. The lowest BCUT2D eigenvalue weighted by molar-refractivity contribution is 0.198. The zero-order valence-corrected chi connectivity index (χ0v) is 7.87. The van der Waals surface area contributed by atoms with Crippen molar-refractivity contribution in [2.24, 2.45) is 0 Å². The first-order chi connectivity index (χ1) is 6.29. The molecule has 72 valence electrons. The summed E-state index contributed by atoms with van der Waals surface area (Å²) in [6, 6.07) is 0. The lowest BCUT2D eigenvalue weighted by Gasteiger charge is -2.11. The third kappa shape index (κ3) is 1.79. The molecule has 0 aromatic carbocycles. The first kappa shape index (κ1) is 8.86. The molecule has 1 aliphatic rings. The largest absolute Gasteiger partial charge is 0.391 e. The Morgan fingerprint density at radius 1 is 1.54 bits per heavy atom. The zero-order valence-electron chi connectivity index (χ0n) is 7.05. The van der Waals surface area contributed by atoms with Crippen LogP contribution in [0.2, 0.25) is 0 Å². The minimum atomic E-state index is -0.249. The van der Waals surface area contributed by atoms with Gasteiger partial charge in [0, 0.05) is 13.1 Å². The fourth-order valence-corrected chi connectivity index (χ4v) is 2.09. The molecule has 0 aliphatic carbocycles. The molecule has 1 fully saturated rings. The average molecular weight is 201 g/mol. The fraction of sp³-hybridized carbons (Fsp3) is 0.714. The molecule has 2 N–H and O–H groups in total. The fourth-order valence-electron chi connectivity index (χ4n) is 1.35. The highest BCUT2D eigenvalue weighted by atomic mass is 32.1. The van der Waals surface area contributed by atoms with Crippen LogP contribution in [-0.4, -0.2) is 39.6 Å². The Hall–Kier alpha value is -0.720. The summed E-state index contributed by atoms with van der Waals surface area (Å²) in [4.78, 5) is 1.99. The van der Waals surface area contributed by atoms with Gasteiger partial charge in [0.1, 0.15) is 5.01 Å². The highest BCUT2D eigenvalue weighted by Crippen LogP contribution is 2.23. The summed E-state index contributed by atoms with van der Waals surface area (Å²) < 4.78 is 0. The molecule has 1 aliphatic heterocycles. The van der Waals surface area contributed by atoms with E-state index in [0.717, 1.165) is 18.1 Å². The predicted molar refractivity (Wildman–Crippen MR) is 48.7 cm³/mol. The lowest BCUT2D eigenvalue weighted by atomic mass is 10.3. The second-order valence-corrected chi connectivity index (χ2v) is 4.07. The normalized spacial score (nSPS) is 22.6. The first-order valence-corrected chi connectivity index (χ1v) is 4.97. The van der Waals surface area contributed by atoms with Crippen molar-refractivity contribution < 1.29 is 10.2 Å². The number of nitrogens with zero attached hydrogens (tertiary/aromatic N) is 3. The standard InChI is InChI=1S/C7H11N3O2S/c11-4-6-8-9-7(13-6)10-2-1-5(12)3-10/h5,11-12H,1-4H2/t5-/m1/s1. The van der Waals surface area contributed by atoms with Crippen LogP contribution in [0.25, 0.3) is 0 Å². The van der Waals surface area contributed by atoms with Crippen molar-refractivity contribution in [1.82, 2.24) is 10.2 Å². The van der Waals surface area contributed by atoms with Crippen LogP contribution in [0.5, 0.6) is 0 Å². The number of anilines is 1. The van der Waals surface area contributed by atoms with Crippen molar-refractivity contribution in [3.05, 3.63) is 5.01 Å². The van der Waals surface area contributed by atoms with E-state index in [1.165, 1.54) is 11.3 Å². The molecule has 0 unspecified atom stereocenters. The average Bonchev–Trinajstić information content (AvgIpc) is 2.71. The van der Waals surface area contributed by atoms with E-state index in [1.807, 2.05) is 4.90 Å². The van der Waals surface area contributed by atoms with E-state index in [9.17, 15) is 5.11 Å². The first-order valence-electron chi connectivity index (χ1n) is 4.16. The molecule has 0 amide bonds. The number of hydrogen-bond acceptors (Lipinski definition) is 6. The Labute approximate surface area is 79.6 Å². The molecule has 0 radical (unpaired) electrons.